The summed E-state index contributed by atoms with van der Waals surface area (Å²) in [5.74, 6) is 0.538. The maximum atomic E-state index is 10.8. The molecule has 0 amide bonds. The third-order valence-corrected chi connectivity index (χ3v) is 3.96. The van der Waals surface area contributed by atoms with E-state index in [1.807, 2.05) is 6.92 Å². The predicted molar refractivity (Wildman–Crippen MR) is 68.5 cm³/mol. The Labute approximate surface area is 112 Å². The van der Waals surface area contributed by atoms with Gasteiger partial charge in [0.1, 0.15) is 18.2 Å². The fraction of sp³-hybridized carbons (Fsp3) is 0.636. The van der Waals surface area contributed by atoms with Crippen molar-refractivity contribution in [2.45, 2.75) is 25.5 Å². The first-order chi connectivity index (χ1) is 9.11. The van der Waals surface area contributed by atoms with Crippen LogP contribution >= 0.6 is 8.25 Å². The predicted octanol–water partition coefficient (Wildman–Crippen LogP) is 0.940. The average molecular weight is 286 g/mol. The van der Waals surface area contributed by atoms with Crippen LogP contribution in [-0.2, 0) is 9.09 Å². The zero-order valence-electron chi connectivity index (χ0n) is 10.5. The molecule has 1 aliphatic rings. The SMILES string of the molecule is C[C@@H]1[C@H](O[P+](=O)O)[C@@H](CO)C[C@H]1Nc1ccncn1. The fourth-order valence-electron chi connectivity index (χ4n) is 2.55. The topological polar surface area (TPSA) is 105 Å². The third kappa shape index (κ3) is 3.45. The second-order valence-corrected chi connectivity index (χ2v) is 5.38. The second kappa shape index (κ2) is 6.34. The summed E-state index contributed by atoms with van der Waals surface area (Å²) in [6.45, 7) is 1.86. The smallest absolute Gasteiger partial charge is 0.396 e. The number of aliphatic hydroxyl groups is 1. The minimum Gasteiger partial charge on any atom is -0.396 e. The van der Waals surface area contributed by atoms with Gasteiger partial charge in [-0.15, -0.1) is 9.42 Å². The summed E-state index contributed by atoms with van der Waals surface area (Å²) in [5.41, 5.74) is 0. The Morgan fingerprint density at radius 2 is 2.42 bits per heavy atom. The van der Waals surface area contributed by atoms with E-state index in [0.29, 0.717) is 12.2 Å². The van der Waals surface area contributed by atoms with Gasteiger partial charge in [0, 0.05) is 35.2 Å². The van der Waals surface area contributed by atoms with Gasteiger partial charge in [0.25, 0.3) is 0 Å². The lowest BCUT2D eigenvalue weighted by Crippen LogP contribution is -2.29. The number of aliphatic hydroxyl groups excluding tert-OH is 1. The molecular formula is C11H17N3O4P+. The van der Waals surface area contributed by atoms with Gasteiger partial charge in [0.2, 0.25) is 0 Å². The van der Waals surface area contributed by atoms with Crippen LogP contribution in [0.15, 0.2) is 18.6 Å². The zero-order valence-corrected chi connectivity index (χ0v) is 11.4. The second-order valence-electron chi connectivity index (χ2n) is 4.69. The molecule has 2 rings (SSSR count). The first-order valence-electron chi connectivity index (χ1n) is 6.08. The third-order valence-electron chi connectivity index (χ3n) is 3.54. The summed E-state index contributed by atoms with van der Waals surface area (Å²) in [6, 6.07) is 1.79. The summed E-state index contributed by atoms with van der Waals surface area (Å²) in [5, 5.41) is 12.6. The molecule has 1 saturated carbocycles. The Kier molecular flexibility index (Phi) is 4.76. The highest BCUT2D eigenvalue weighted by molar-refractivity contribution is 7.32. The van der Waals surface area contributed by atoms with Crippen molar-refractivity contribution >= 4 is 14.1 Å². The molecule has 1 aromatic heterocycles. The molecule has 0 aliphatic heterocycles. The Morgan fingerprint density at radius 1 is 1.63 bits per heavy atom. The van der Waals surface area contributed by atoms with Gasteiger partial charge in [-0.25, -0.2) is 9.97 Å². The van der Waals surface area contributed by atoms with Crippen LogP contribution in [0.3, 0.4) is 0 Å². The molecule has 8 heteroatoms. The van der Waals surface area contributed by atoms with Crippen LogP contribution < -0.4 is 5.32 Å². The molecule has 1 aromatic rings. The lowest BCUT2D eigenvalue weighted by atomic mass is 10.0. The van der Waals surface area contributed by atoms with Crippen molar-refractivity contribution < 1.29 is 19.1 Å². The van der Waals surface area contributed by atoms with E-state index >= 15 is 0 Å². The Morgan fingerprint density at radius 3 is 3.00 bits per heavy atom. The van der Waals surface area contributed by atoms with E-state index in [0.717, 1.165) is 0 Å². The molecule has 0 spiro atoms. The van der Waals surface area contributed by atoms with E-state index in [-0.39, 0.29) is 24.5 Å². The molecule has 1 fully saturated rings. The molecule has 0 aromatic carbocycles. The number of anilines is 1. The van der Waals surface area contributed by atoms with E-state index in [2.05, 4.69) is 15.3 Å². The minimum absolute atomic E-state index is 0.00165. The van der Waals surface area contributed by atoms with Crippen LogP contribution in [0.2, 0.25) is 0 Å². The first-order valence-corrected chi connectivity index (χ1v) is 7.21. The molecule has 3 N–H and O–H groups in total. The first kappa shape index (κ1) is 14.3. The van der Waals surface area contributed by atoms with Crippen molar-refractivity contribution in [1.29, 1.82) is 0 Å². The average Bonchev–Trinajstić information content (AvgIpc) is 2.68. The van der Waals surface area contributed by atoms with Crippen LogP contribution in [0.4, 0.5) is 5.82 Å². The summed E-state index contributed by atoms with van der Waals surface area (Å²) in [6.07, 6.45) is 3.31. The standard InChI is InChI=1S/C11H16N3O4P/c1-7-9(14-10-2-3-12-6-13-10)4-8(5-15)11(7)18-19(16)17/h2-3,6-9,11,15H,4-5H2,1H3,(H-,12,13,14,16,17)/p+1/t7-,8+,9+,11-/m0/s1. The maximum Gasteiger partial charge on any atom is 0.695 e. The van der Waals surface area contributed by atoms with Gasteiger partial charge >= 0.3 is 8.25 Å². The van der Waals surface area contributed by atoms with E-state index in [4.69, 9.17) is 9.42 Å². The molecule has 104 valence electrons. The van der Waals surface area contributed by atoms with Crippen LogP contribution in [0.1, 0.15) is 13.3 Å². The minimum atomic E-state index is -2.66. The zero-order chi connectivity index (χ0) is 13.8. The van der Waals surface area contributed by atoms with Crippen molar-refractivity contribution in [3.63, 3.8) is 0 Å². The number of rotatable bonds is 5. The fourth-order valence-corrected chi connectivity index (χ4v) is 3.13. The maximum absolute atomic E-state index is 10.8. The van der Waals surface area contributed by atoms with Gasteiger partial charge in [-0.3, -0.25) is 0 Å². The van der Waals surface area contributed by atoms with Gasteiger partial charge in [0.15, 0.2) is 0 Å². The summed E-state index contributed by atoms with van der Waals surface area (Å²) >= 11 is 0. The van der Waals surface area contributed by atoms with Crippen LogP contribution in [0.25, 0.3) is 0 Å². The van der Waals surface area contributed by atoms with Crippen LogP contribution in [-0.4, -0.2) is 38.7 Å². The molecule has 1 unspecified atom stereocenters. The van der Waals surface area contributed by atoms with E-state index < -0.39 is 14.4 Å². The monoisotopic (exact) mass is 286 g/mol. The van der Waals surface area contributed by atoms with Gasteiger partial charge in [-0.2, -0.15) is 0 Å². The lowest BCUT2D eigenvalue weighted by Gasteiger charge is -2.19. The highest BCUT2D eigenvalue weighted by atomic mass is 31.1. The highest BCUT2D eigenvalue weighted by Crippen LogP contribution is 2.39. The number of nitrogens with one attached hydrogen (secondary N) is 1. The van der Waals surface area contributed by atoms with Gasteiger partial charge in [-0.1, -0.05) is 6.92 Å². The van der Waals surface area contributed by atoms with E-state index in [1.165, 1.54) is 6.33 Å². The summed E-state index contributed by atoms with van der Waals surface area (Å²) in [7, 11) is -2.66. The Hall–Kier alpha value is -1.14. The van der Waals surface area contributed by atoms with E-state index in [9.17, 15) is 9.67 Å². The van der Waals surface area contributed by atoms with Gasteiger partial charge < -0.3 is 10.4 Å². The van der Waals surface area contributed by atoms with Gasteiger partial charge in [-0.05, 0) is 12.5 Å². The normalized spacial score (nSPS) is 31.2. The lowest BCUT2D eigenvalue weighted by molar-refractivity contribution is 0.0825. The molecule has 19 heavy (non-hydrogen) atoms. The highest BCUT2D eigenvalue weighted by Gasteiger charge is 2.45. The quantitative estimate of drug-likeness (QED) is 0.692. The largest absolute Gasteiger partial charge is 0.695 e. The molecule has 0 bridgehead atoms. The number of hydrogen-bond donors (Lipinski definition) is 3. The number of nitrogens with zero attached hydrogens (tertiary/aromatic N) is 2. The van der Waals surface area contributed by atoms with Crippen molar-refractivity contribution in [1.82, 2.24) is 9.97 Å². The Bertz CT molecular complexity index is 433. The van der Waals surface area contributed by atoms with Gasteiger partial charge in [0.05, 0.1) is 0 Å². The van der Waals surface area contributed by atoms with Crippen molar-refractivity contribution in [3.05, 3.63) is 18.6 Å². The van der Waals surface area contributed by atoms with Crippen LogP contribution in [0.5, 0.6) is 0 Å². The number of hydrogen-bond acceptors (Lipinski definition) is 6. The molecule has 0 saturated heterocycles. The summed E-state index contributed by atoms with van der Waals surface area (Å²) < 4.78 is 15.9. The molecule has 7 nitrogen and oxygen atoms in total. The molecular weight excluding hydrogens is 269 g/mol. The molecule has 5 atom stereocenters. The number of aromatic nitrogens is 2. The van der Waals surface area contributed by atoms with Crippen LogP contribution in [0, 0.1) is 11.8 Å². The van der Waals surface area contributed by atoms with Crippen molar-refractivity contribution in [2.75, 3.05) is 11.9 Å². The van der Waals surface area contributed by atoms with Crippen molar-refractivity contribution in [2.24, 2.45) is 11.8 Å². The van der Waals surface area contributed by atoms with Crippen molar-refractivity contribution in [3.8, 4) is 0 Å². The molecule has 1 heterocycles. The van der Waals surface area contributed by atoms with E-state index in [1.54, 1.807) is 12.3 Å². The molecule has 1 aliphatic carbocycles. The Balaban J connectivity index is 2.05. The summed E-state index contributed by atoms with van der Waals surface area (Å²) in [4.78, 5) is 16.8. The molecule has 0 radical (unpaired) electrons.